The summed E-state index contributed by atoms with van der Waals surface area (Å²) < 4.78 is 5.20. The molecule has 2 aromatic carbocycles. The summed E-state index contributed by atoms with van der Waals surface area (Å²) in [5, 5.41) is 3.11. The van der Waals surface area contributed by atoms with E-state index in [1.54, 1.807) is 19.5 Å². The lowest BCUT2D eigenvalue weighted by Crippen LogP contribution is -2.36. The highest BCUT2D eigenvalue weighted by atomic mass is 16.5. The van der Waals surface area contributed by atoms with Gasteiger partial charge in [-0.1, -0.05) is 30.3 Å². The van der Waals surface area contributed by atoms with E-state index in [1.165, 1.54) is 11.1 Å². The molecular formula is C21H20N4O2. The third-order valence-electron chi connectivity index (χ3n) is 4.64. The molecule has 136 valence electrons. The Hall–Kier alpha value is -3.41. The number of rotatable bonds is 4. The zero-order chi connectivity index (χ0) is 18.6. The minimum absolute atomic E-state index is 0.0440. The van der Waals surface area contributed by atoms with Crippen LogP contribution in [0.2, 0.25) is 0 Å². The molecule has 0 fully saturated rings. The van der Waals surface area contributed by atoms with Gasteiger partial charge in [0.05, 0.1) is 12.7 Å². The second-order valence-electron chi connectivity index (χ2n) is 6.40. The number of ether oxygens (including phenoxy) is 1. The summed E-state index contributed by atoms with van der Waals surface area (Å²) in [6, 6.07) is 15.8. The fourth-order valence-electron chi connectivity index (χ4n) is 3.18. The standard InChI is InChI=1S/C21H20N4O2/c1-27-19-8-4-7-18(11-19)24-21-22-12-17(13-23-21)20(26)25-10-9-15-5-2-3-6-16(15)14-25/h2-8,11-13H,9-10,14H2,1H3,(H,22,23,24). The molecule has 0 spiro atoms. The molecule has 1 aliphatic rings. The van der Waals surface area contributed by atoms with E-state index in [4.69, 9.17) is 4.74 Å². The Labute approximate surface area is 157 Å². The molecule has 0 radical (unpaired) electrons. The minimum atomic E-state index is -0.0440. The zero-order valence-corrected chi connectivity index (χ0v) is 15.1. The second kappa shape index (κ2) is 7.45. The first-order valence-corrected chi connectivity index (χ1v) is 8.82. The second-order valence-corrected chi connectivity index (χ2v) is 6.40. The van der Waals surface area contributed by atoms with Crippen molar-refractivity contribution < 1.29 is 9.53 Å². The lowest BCUT2D eigenvalue weighted by atomic mass is 9.99. The molecule has 0 aliphatic carbocycles. The van der Waals surface area contributed by atoms with Gasteiger partial charge in [0, 0.05) is 37.2 Å². The fourth-order valence-corrected chi connectivity index (χ4v) is 3.18. The van der Waals surface area contributed by atoms with Gasteiger partial charge in [-0.3, -0.25) is 4.79 Å². The molecule has 0 atom stereocenters. The molecule has 3 aromatic rings. The van der Waals surface area contributed by atoms with E-state index in [1.807, 2.05) is 41.3 Å². The van der Waals surface area contributed by atoms with Crippen molar-refractivity contribution in [1.29, 1.82) is 0 Å². The predicted molar refractivity (Wildman–Crippen MR) is 103 cm³/mol. The molecule has 1 amide bonds. The maximum absolute atomic E-state index is 12.8. The van der Waals surface area contributed by atoms with Crippen LogP contribution in [-0.2, 0) is 13.0 Å². The van der Waals surface area contributed by atoms with Gasteiger partial charge in [0.1, 0.15) is 5.75 Å². The molecule has 1 aromatic heterocycles. The van der Waals surface area contributed by atoms with Gasteiger partial charge in [0.2, 0.25) is 5.95 Å². The maximum Gasteiger partial charge on any atom is 0.257 e. The smallest absolute Gasteiger partial charge is 0.257 e. The number of anilines is 2. The summed E-state index contributed by atoms with van der Waals surface area (Å²) >= 11 is 0. The number of carbonyl (C=O) groups excluding carboxylic acids is 1. The average molecular weight is 360 g/mol. The van der Waals surface area contributed by atoms with E-state index in [9.17, 15) is 4.79 Å². The molecule has 2 heterocycles. The van der Waals surface area contributed by atoms with Crippen LogP contribution in [-0.4, -0.2) is 34.4 Å². The van der Waals surface area contributed by atoms with E-state index in [0.717, 1.165) is 17.9 Å². The lowest BCUT2D eigenvalue weighted by molar-refractivity contribution is 0.0734. The first-order chi connectivity index (χ1) is 13.2. The fraction of sp³-hybridized carbons (Fsp3) is 0.190. The Balaban J connectivity index is 1.45. The first kappa shape index (κ1) is 17.0. The van der Waals surface area contributed by atoms with Gasteiger partial charge in [-0.2, -0.15) is 0 Å². The Morgan fingerprint density at radius 3 is 2.63 bits per heavy atom. The SMILES string of the molecule is COc1cccc(Nc2ncc(C(=O)N3CCc4ccccc4C3)cn2)c1. The van der Waals surface area contributed by atoms with Crippen LogP contribution in [0.15, 0.2) is 60.9 Å². The van der Waals surface area contributed by atoms with Crippen molar-refractivity contribution in [2.75, 3.05) is 19.0 Å². The lowest BCUT2D eigenvalue weighted by Gasteiger charge is -2.28. The Morgan fingerprint density at radius 1 is 1.07 bits per heavy atom. The van der Waals surface area contributed by atoms with Crippen molar-refractivity contribution in [1.82, 2.24) is 14.9 Å². The molecule has 1 aliphatic heterocycles. The van der Waals surface area contributed by atoms with Crippen molar-refractivity contribution in [3.63, 3.8) is 0 Å². The van der Waals surface area contributed by atoms with Gasteiger partial charge in [-0.15, -0.1) is 0 Å². The summed E-state index contributed by atoms with van der Waals surface area (Å²) in [6.45, 7) is 1.33. The molecule has 6 nitrogen and oxygen atoms in total. The molecule has 0 unspecified atom stereocenters. The number of aromatic nitrogens is 2. The van der Waals surface area contributed by atoms with E-state index in [0.29, 0.717) is 24.6 Å². The van der Waals surface area contributed by atoms with Gasteiger partial charge in [0.25, 0.3) is 5.91 Å². The summed E-state index contributed by atoms with van der Waals surface area (Å²) in [7, 11) is 1.62. The Bertz CT molecular complexity index is 956. The van der Waals surface area contributed by atoms with E-state index >= 15 is 0 Å². The van der Waals surface area contributed by atoms with Crippen LogP contribution in [0.1, 0.15) is 21.5 Å². The predicted octanol–water partition coefficient (Wildman–Crippen LogP) is 3.43. The number of methoxy groups -OCH3 is 1. The van der Waals surface area contributed by atoms with Crippen LogP contribution < -0.4 is 10.1 Å². The van der Waals surface area contributed by atoms with Crippen LogP contribution in [0.25, 0.3) is 0 Å². The minimum Gasteiger partial charge on any atom is -0.497 e. The van der Waals surface area contributed by atoms with Crippen molar-refractivity contribution in [2.45, 2.75) is 13.0 Å². The number of benzene rings is 2. The molecule has 6 heteroatoms. The van der Waals surface area contributed by atoms with Gasteiger partial charge in [-0.25, -0.2) is 9.97 Å². The molecule has 0 saturated carbocycles. The maximum atomic E-state index is 12.8. The van der Waals surface area contributed by atoms with Gasteiger partial charge < -0.3 is 15.0 Å². The third-order valence-corrected chi connectivity index (χ3v) is 4.64. The van der Waals surface area contributed by atoms with E-state index in [-0.39, 0.29) is 5.91 Å². The Morgan fingerprint density at radius 2 is 1.85 bits per heavy atom. The molecule has 0 bridgehead atoms. The van der Waals surface area contributed by atoms with Crippen LogP contribution >= 0.6 is 0 Å². The summed E-state index contributed by atoms with van der Waals surface area (Å²) in [5.41, 5.74) is 3.83. The molecule has 4 rings (SSSR count). The monoisotopic (exact) mass is 360 g/mol. The molecule has 27 heavy (non-hydrogen) atoms. The average Bonchev–Trinajstić information content (AvgIpc) is 2.73. The highest BCUT2D eigenvalue weighted by molar-refractivity contribution is 5.93. The normalized spacial score (nSPS) is 13.0. The summed E-state index contributed by atoms with van der Waals surface area (Å²) in [6.07, 6.45) is 4.01. The zero-order valence-electron chi connectivity index (χ0n) is 15.1. The third kappa shape index (κ3) is 3.74. The van der Waals surface area contributed by atoms with E-state index in [2.05, 4.69) is 27.4 Å². The number of nitrogens with zero attached hydrogens (tertiary/aromatic N) is 3. The molecular weight excluding hydrogens is 340 g/mol. The van der Waals surface area contributed by atoms with Gasteiger partial charge in [-0.05, 0) is 29.7 Å². The number of amides is 1. The Kier molecular flexibility index (Phi) is 4.70. The quantitative estimate of drug-likeness (QED) is 0.772. The number of carbonyl (C=O) groups is 1. The highest BCUT2D eigenvalue weighted by Crippen LogP contribution is 2.21. The van der Waals surface area contributed by atoms with Crippen molar-refractivity contribution in [2.24, 2.45) is 0 Å². The van der Waals surface area contributed by atoms with Crippen molar-refractivity contribution in [3.8, 4) is 5.75 Å². The van der Waals surface area contributed by atoms with Crippen LogP contribution in [0.4, 0.5) is 11.6 Å². The van der Waals surface area contributed by atoms with Crippen molar-refractivity contribution in [3.05, 3.63) is 77.6 Å². The summed E-state index contributed by atoms with van der Waals surface area (Å²) in [5.74, 6) is 1.14. The number of fused-ring (bicyclic) bond motifs is 1. The van der Waals surface area contributed by atoms with Crippen LogP contribution in [0, 0.1) is 0 Å². The summed E-state index contributed by atoms with van der Waals surface area (Å²) in [4.78, 5) is 23.2. The number of nitrogens with one attached hydrogen (secondary N) is 1. The van der Waals surface area contributed by atoms with Crippen LogP contribution in [0.3, 0.4) is 0 Å². The number of hydrogen-bond acceptors (Lipinski definition) is 5. The van der Waals surface area contributed by atoms with Crippen molar-refractivity contribution >= 4 is 17.5 Å². The topological polar surface area (TPSA) is 67.3 Å². The first-order valence-electron chi connectivity index (χ1n) is 8.82. The van der Waals surface area contributed by atoms with Crippen LogP contribution in [0.5, 0.6) is 5.75 Å². The molecule has 0 saturated heterocycles. The highest BCUT2D eigenvalue weighted by Gasteiger charge is 2.22. The van der Waals surface area contributed by atoms with Gasteiger partial charge >= 0.3 is 0 Å². The molecule has 1 N–H and O–H groups in total. The largest absolute Gasteiger partial charge is 0.497 e. The number of hydrogen-bond donors (Lipinski definition) is 1. The van der Waals surface area contributed by atoms with E-state index < -0.39 is 0 Å². The van der Waals surface area contributed by atoms with Gasteiger partial charge in [0.15, 0.2) is 0 Å².